The smallest absolute Gasteiger partial charge is 0.429 e. The number of methoxy groups -OCH3 is 1. The van der Waals surface area contributed by atoms with Crippen molar-refractivity contribution in [2.45, 2.75) is 18.8 Å². The molecule has 0 spiro atoms. The molecule has 3 rings (SSSR count). The second-order valence-corrected chi connectivity index (χ2v) is 6.43. The van der Waals surface area contributed by atoms with Gasteiger partial charge in [-0.25, -0.2) is 4.98 Å². The number of benzene rings is 2. The van der Waals surface area contributed by atoms with Gasteiger partial charge in [0, 0.05) is 10.6 Å². The molecule has 29 heavy (non-hydrogen) atoms. The maximum atomic E-state index is 13.6. The van der Waals surface area contributed by atoms with Gasteiger partial charge in [0.1, 0.15) is 12.3 Å². The highest BCUT2D eigenvalue weighted by Gasteiger charge is 2.45. The Kier molecular flexibility index (Phi) is 5.78. The van der Waals surface area contributed by atoms with E-state index in [0.717, 1.165) is 17.0 Å². The fourth-order valence-electron chi connectivity index (χ4n) is 2.74. The number of halogens is 4. The molecule has 1 aromatic heterocycles. The van der Waals surface area contributed by atoms with Crippen LogP contribution in [0.15, 0.2) is 53.6 Å². The molecule has 1 atom stereocenters. The number of alkyl halides is 3. The minimum atomic E-state index is -4.93. The van der Waals surface area contributed by atoms with Gasteiger partial charge >= 0.3 is 12.1 Å². The SMILES string of the molecule is COc1ccc(Cl)cc1[C@H](OC(=O)Cn1cnc2ccccc2c1=O)C(F)(F)F. The van der Waals surface area contributed by atoms with Gasteiger partial charge in [0.2, 0.25) is 6.10 Å². The molecule has 2 aromatic carbocycles. The Hall–Kier alpha value is -3.07. The van der Waals surface area contributed by atoms with E-state index >= 15 is 0 Å². The highest BCUT2D eigenvalue weighted by Crippen LogP contribution is 2.41. The average Bonchev–Trinajstić information content (AvgIpc) is 2.67. The van der Waals surface area contributed by atoms with Gasteiger partial charge in [0.25, 0.3) is 5.56 Å². The lowest BCUT2D eigenvalue weighted by Gasteiger charge is -2.23. The largest absolute Gasteiger partial charge is 0.496 e. The van der Waals surface area contributed by atoms with Crippen LogP contribution in [-0.2, 0) is 16.1 Å². The van der Waals surface area contributed by atoms with Crippen LogP contribution in [0.2, 0.25) is 5.02 Å². The summed E-state index contributed by atoms with van der Waals surface area (Å²) in [6, 6.07) is 9.99. The van der Waals surface area contributed by atoms with Gasteiger partial charge in [-0.1, -0.05) is 23.7 Å². The average molecular weight is 427 g/mol. The fourth-order valence-corrected chi connectivity index (χ4v) is 2.92. The zero-order chi connectivity index (χ0) is 21.2. The number of ether oxygens (including phenoxy) is 2. The summed E-state index contributed by atoms with van der Waals surface area (Å²) in [6.07, 6.45) is -6.47. The predicted octanol–water partition coefficient (Wildman–Crippen LogP) is 3.91. The minimum Gasteiger partial charge on any atom is -0.496 e. The Labute approximate surface area is 167 Å². The summed E-state index contributed by atoms with van der Waals surface area (Å²) in [5.41, 5.74) is -0.625. The van der Waals surface area contributed by atoms with Gasteiger partial charge in [-0.2, -0.15) is 13.2 Å². The van der Waals surface area contributed by atoms with Crippen LogP contribution in [0, 0.1) is 0 Å². The monoisotopic (exact) mass is 426 g/mol. The van der Waals surface area contributed by atoms with Crippen LogP contribution < -0.4 is 10.3 Å². The van der Waals surface area contributed by atoms with Crippen molar-refractivity contribution >= 4 is 28.5 Å². The lowest BCUT2D eigenvalue weighted by Crippen LogP contribution is -2.31. The first-order valence-corrected chi connectivity index (χ1v) is 8.62. The summed E-state index contributed by atoms with van der Waals surface area (Å²) in [5.74, 6) is -1.41. The second-order valence-electron chi connectivity index (χ2n) is 5.99. The van der Waals surface area contributed by atoms with Crippen LogP contribution in [0.25, 0.3) is 10.9 Å². The van der Waals surface area contributed by atoms with Crippen molar-refractivity contribution < 1.29 is 27.4 Å². The molecule has 0 saturated heterocycles. The number of carbonyl (C=O) groups is 1. The second kappa shape index (κ2) is 8.12. The molecule has 0 amide bonds. The topological polar surface area (TPSA) is 70.4 Å². The molecule has 0 aliphatic rings. The third-order valence-corrected chi connectivity index (χ3v) is 4.29. The van der Waals surface area contributed by atoms with E-state index in [-0.39, 0.29) is 16.2 Å². The first-order chi connectivity index (χ1) is 13.7. The zero-order valence-electron chi connectivity index (χ0n) is 14.9. The number of fused-ring (bicyclic) bond motifs is 1. The first kappa shape index (κ1) is 20.7. The molecule has 152 valence electrons. The van der Waals surface area contributed by atoms with E-state index in [4.69, 9.17) is 16.3 Å². The van der Waals surface area contributed by atoms with E-state index in [2.05, 4.69) is 9.72 Å². The van der Waals surface area contributed by atoms with E-state index in [9.17, 15) is 22.8 Å². The van der Waals surface area contributed by atoms with Gasteiger partial charge in [-0.3, -0.25) is 14.2 Å². The minimum absolute atomic E-state index is 0.0149. The number of carbonyl (C=O) groups excluding carboxylic acids is 1. The first-order valence-electron chi connectivity index (χ1n) is 8.24. The van der Waals surface area contributed by atoms with Crippen LogP contribution in [-0.4, -0.2) is 28.8 Å². The van der Waals surface area contributed by atoms with Crippen LogP contribution in [0.1, 0.15) is 11.7 Å². The molecule has 0 saturated carbocycles. The maximum Gasteiger partial charge on any atom is 0.429 e. The van der Waals surface area contributed by atoms with Crippen molar-refractivity contribution in [1.29, 1.82) is 0 Å². The number of esters is 1. The van der Waals surface area contributed by atoms with Crippen LogP contribution >= 0.6 is 11.6 Å². The Morgan fingerprint density at radius 3 is 2.66 bits per heavy atom. The van der Waals surface area contributed by atoms with Gasteiger partial charge in [0.15, 0.2) is 0 Å². The molecule has 10 heteroatoms. The molecule has 0 bridgehead atoms. The van der Waals surface area contributed by atoms with Crippen LogP contribution in [0.4, 0.5) is 13.2 Å². The summed E-state index contributed by atoms with van der Waals surface area (Å²) in [7, 11) is 1.18. The quantitative estimate of drug-likeness (QED) is 0.579. The van der Waals surface area contributed by atoms with E-state index in [1.165, 1.54) is 25.3 Å². The summed E-state index contributed by atoms with van der Waals surface area (Å²) in [4.78, 5) is 28.7. The third-order valence-electron chi connectivity index (χ3n) is 4.05. The Bertz CT molecular complexity index is 1110. The van der Waals surface area contributed by atoms with Gasteiger partial charge in [-0.15, -0.1) is 0 Å². The molecule has 1 heterocycles. The molecule has 0 unspecified atom stereocenters. The van der Waals surface area contributed by atoms with Crippen molar-refractivity contribution in [3.63, 3.8) is 0 Å². The number of nitrogens with zero attached hydrogens (tertiary/aromatic N) is 2. The summed E-state index contributed by atoms with van der Waals surface area (Å²) in [6.45, 7) is -0.744. The van der Waals surface area contributed by atoms with Crippen molar-refractivity contribution in [2.24, 2.45) is 0 Å². The Morgan fingerprint density at radius 2 is 1.97 bits per heavy atom. The standard InChI is InChI=1S/C19H14ClF3N2O4/c1-28-15-7-6-11(20)8-13(15)17(19(21,22)23)29-16(26)9-25-10-24-14-5-3-2-4-12(14)18(25)27/h2-8,10,17H,9H2,1H3/t17-/m0/s1. The van der Waals surface area contributed by atoms with Gasteiger partial charge in [0.05, 0.1) is 24.3 Å². The number of para-hydroxylation sites is 1. The highest BCUT2D eigenvalue weighted by atomic mass is 35.5. The molecule has 0 radical (unpaired) electrons. The zero-order valence-corrected chi connectivity index (χ0v) is 15.7. The van der Waals surface area contributed by atoms with Gasteiger partial charge < -0.3 is 9.47 Å². The Morgan fingerprint density at radius 1 is 1.24 bits per heavy atom. The molecule has 0 N–H and O–H groups in total. The highest BCUT2D eigenvalue weighted by molar-refractivity contribution is 6.30. The molecule has 3 aromatic rings. The summed E-state index contributed by atoms with van der Waals surface area (Å²) >= 11 is 5.79. The lowest BCUT2D eigenvalue weighted by molar-refractivity contribution is -0.224. The summed E-state index contributed by atoms with van der Waals surface area (Å²) in [5, 5.41) is 0.243. The van der Waals surface area contributed by atoms with Crippen molar-refractivity contribution in [2.75, 3.05) is 7.11 Å². The lowest BCUT2D eigenvalue weighted by atomic mass is 10.1. The number of aromatic nitrogens is 2. The van der Waals surface area contributed by atoms with E-state index < -0.39 is 35.9 Å². The molecular formula is C19H14ClF3N2O4. The normalized spacial score (nSPS) is 12.6. The van der Waals surface area contributed by atoms with E-state index in [0.29, 0.717) is 5.52 Å². The van der Waals surface area contributed by atoms with Crippen molar-refractivity contribution in [3.05, 3.63) is 69.7 Å². The van der Waals surface area contributed by atoms with Crippen LogP contribution in [0.5, 0.6) is 5.75 Å². The molecule has 0 aliphatic carbocycles. The number of hydrogen-bond donors (Lipinski definition) is 0. The predicted molar refractivity (Wildman–Crippen MR) is 98.9 cm³/mol. The number of rotatable bonds is 5. The van der Waals surface area contributed by atoms with Crippen LogP contribution in [0.3, 0.4) is 0 Å². The molecular weight excluding hydrogens is 413 g/mol. The van der Waals surface area contributed by atoms with Crippen molar-refractivity contribution in [3.8, 4) is 5.75 Å². The van der Waals surface area contributed by atoms with E-state index in [1.807, 2.05) is 0 Å². The van der Waals surface area contributed by atoms with Gasteiger partial charge in [-0.05, 0) is 30.3 Å². The fraction of sp³-hybridized carbons (Fsp3) is 0.211. The van der Waals surface area contributed by atoms with E-state index in [1.54, 1.807) is 18.2 Å². The molecule has 0 fully saturated rings. The van der Waals surface area contributed by atoms with Crippen molar-refractivity contribution in [1.82, 2.24) is 9.55 Å². The molecule has 6 nitrogen and oxygen atoms in total. The Balaban J connectivity index is 1.90. The third kappa shape index (κ3) is 4.51. The summed E-state index contributed by atoms with van der Waals surface area (Å²) < 4.78 is 51.2. The maximum absolute atomic E-state index is 13.6. The number of hydrogen-bond acceptors (Lipinski definition) is 5. The molecule has 0 aliphatic heterocycles.